The Morgan fingerprint density at radius 3 is 2.67 bits per heavy atom. The number of hydrogen-bond acceptors (Lipinski definition) is 4. The summed E-state index contributed by atoms with van der Waals surface area (Å²) in [4.78, 5) is 8.81. The van der Waals surface area contributed by atoms with Crippen LogP contribution in [0.2, 0.25) is 0 Å². The Balaban J connectivity index is 1.72. The van der Waals surface area contributed by atoms with Crippen molar-refractivity contribution in [3.05, 3.63) is 17.6 Å². The number of aliphatic hydroxyl groups excluding tert-OH is 1. The summed E-state index contributed by atoms with van der Waals surface area (Å²) in [6.07, 6.45) is 10.2. The summed E-state index contributed by atoms with van der Waals surface area (Å²) in [5.74, 6) is 1.04. The van der Waals surface area contributed by atoms with E-state index in [9.17, 15) is 5.11 Å². The van der Waals surface area contributed by atoms with Gasteiger partial charge >= 0.3 is 0 Å². The molecule has 0 aromatic carbocycles. The molecule has 1 aromatic rings. The van der Waals surface area contributed by atoms with E-state index in [-0.39, 0.29) is 6.10 Å². The first-order valence-electron chi connectivity index (χ1n) is 7.10. The van der Waals surface area contributed by atoms with E-state index in [4.69, 9.17) is 0 Å². The van der Waals surface area contributed by atoms with Gasteiger partial charge in [0.25, 0.3) is 0 Å². The molecule has 0 saturated heterocycles. The second-order valence-electron chi connectivity index (χ2n) is 5.50. The molecule has 3 rings (SSSR count). The lowest BCUT2D eigenvalue weighted by atomic mass is 9.92. The average molecular weight is 247 g/mol. The van der Waals surface area contributed by atoms with Crippen LogP contribution in [-0.2, 0) is 12.8 Å². The van der Waals surface area contributed by atoms with Gasteiger partial charge in [-0.3, -0.25) is 0 Å². The Bertz CT molecular complexity index is 414. The van der Waals surface area contributed by atoms with Crippen LogP contribution in [0.4, 0.5) is 5.82 Å². The van der Waals surface area contributed by atoms with Crippen LogP contribution in [0, 0.1) is 0 Å². The lowest BCUT2D eigenvalue weighted by Crippen LogP contribution is -2.29. The number of rotatable bonds is 2. The van der Waals surface area contributed by atoms with Gasteiger partial charge in [-0.25, -0.2) is 9.97 Å². The summed E-state index contributed by atoms with van der Waals surface area (Å²) in [6.45, 7) is 0. The third-order valence-electron chi connectivity index (χ3n) is 4.16. The van der Waals surface area contributed by atoms with Crippen LogP contribution >= 0.6 is 0 Å². The second kappa shape index (κ2) is 5.22. The first-order chi connectivity index (χ1) is 8.83. The van der Waals surface area contributed by atoms with Crippen LogP contribution in [0.25, 0.3) is 0 Å². The first kappa shape index (κ1) is 11.9. The van der Waals surface area contributed by atoms with Crippen LogP contribution in [0.3, 0.4) is 0 Å². The minimum atomic E-state index is -0.0950. The fraction of sp³-hybridized carbons (Fsp3) is 0.714. The summed E-state index contributed by atoms with van der Waals surface area (Å²) < 4.78 is 0. The van der Waals surface area contributed by atoms with Crippen LogP contribution in [0.5, 0.6) is 0 Å². The molecule has 0 unspecified atom stereocenters. The molecule has 0 atom stereocenters. The molecule has 98 valence electrons. The number of hydrogen-bond donors (Lipinski definition) is 2. The number of nitrogens with one attached hydrogen (secondary N) is 1. The van der Waals surface area contributed by atoms with Gasteiger partial charge in [-0.05, 0) is 51.4 Å². The van der Waals surface area contributed by atoms with E-state index in [0.29, 0.717) is 6.04 Å². The minimum absolute atomic E-state index is 0.0950. The zero-order valence-electron chi connectivity index (χ0n) is 10.7. The highest BCUT2D eigenvalue weighted by atomic mass is 16.3. The SMILES string of the molecule is OC1CCC(Nc2ncnc3c2CCCC3)CC1. The molecular weight excluding hydrogens is 226 g/mol. The number of aryl methyl sites for hydroxylation is 1. The van der Waals surface area contributed by atoms with E-state index in [1.165, 1.54) is 24.1 Å². The maximum Gasteiger partial charge on any atom is 0.133 e. The molecule has 0 spiro atoms. The molecule has 0 radical (unpaired) electrons. The number of fused-ring (bicyclic) bond motifs is 1. The third-order valence-corrected chi connectivity index (χ3v) is 4.16. The molecule has 2 N–H and O–H groups in total. The lowest BCUT2D eigenvalue weighted by molar-refractivity contribution is 0.126. The van der Waals surface area contributed by atoms with Crippen molar-refractivity contribution in [3.8, 4) is 0 Å². The van der Waals surface area contributed by atoms with Crippen molar-refractivity contribution >= 4 is 5.82 Å². The molecule has 0 bridgehead atoms. The summed E-state index contributed by atoms with van der Waals surface area (Å²) in [7, 11) is 0. The molecule has 1 fully saturated rings. The highest BCUT2D eigenvalue weighted by molar-refractivity contribution is 5.47. The van der Waals surface area contributed by atoms with E-state index in [1.807, 2.05) is 0 Å². The van der Waals surface area contributed by atoms with Gasteiger partial charge in [0, 0.05) is 17.3 Å². The fourth-order valence-electron chi connectivity index (χ4n) is 3.06. The zero-order chi connectivity index (χ0) is 12.4. The average Bonchev–Trinajstić information content (AvgIpc) is 2.42. The predicted octanol–water partition coefficient (Wildman–Crippen LogP) is 2.07. The van der Waals surface area contributed by atoms with Crippen molar-refractivity contribution in [2.45, 2.75) is 63.5 Å². The zero-order valence-corrected chi connectivity index (χ0v) is 10.7. The molecule has 4 heteroatoms. The quantitative estimate of drug-likeness (QED) is 0.840. The van der Waals surface area contributed by atoms with Crippen molar-refractivity contribution in [1.29, 1.82) is 0 Å². The van der Waals surface area contributed by atoms with Crippen molar-refractivity contribution in [2.24, 2.45) is 0 Å². The van der Waals surface area contributed by atoms with E-state index in [2.05, 4.69) is 15.3 Å². The van der Waals surface area contributed by atoms with Gasteiger partial charge in [0.1, 0.15) is 12.1 Å². The maximum atomic E-state index is 9.53. The lowest BCUT2D eigenvalue weighted by Gasteiger charge is -2.28. The van der Waals surface area contributed by atoms with Gasteiger partial charge in [0.15, 0.2) is 0 Å². The van der Waals surface area contributed by atoms with Gasteiger partial charge in [-0.2, -0.15) is 0 Å². The van der Waals surface area contributed by atoms with E-state index < -0.39 is 0 Å². The van der Waals surface area contributed by atoms with E-state index >= 15 is 0 Å². The molecule has 0 amide bonds. The largest absolute Gasteiger partial charge is 0.393 e. The van der Waals surface area contributed by atoms with Gasteiger partial charge < -0.3 is 10.4 Å². The number of aromatic nitrogens is 2. The van der Waals surface area contributed by atoms with Crippen LogP contribution in [-0.4, -0.2) is 27.2 Å². The van der Waals surface area contributed by atoms with E-state index in [1.54, 1.807) is 6.33 Å². The summed E-state index contributed by atoms with van der Waals surface area (Å²) in [5.41, 5.74) is 2.56. The van der Waals surface area contributed by atoms with Gasteiger partial charge in [0.05, 0.1) is 6.10 Å². The highest BCUT2D eigenvalue weighted by Crippen LogP contribution is 2.27. The number of aliphatic hydroxyl groups is 1. The molecule has 0 aliphatic heterocycles. The highest BCUT2D eigenvalue weighted by Gasteiger charge is 2.22. The summed E-state index contributed by atoms with van der Waals surface area (Å²) in [6, 6.07) is 0.467. The van der Waals surface area contributed by atoms with Crippen LogP contribution in [0.15, 0.2) is 6.33 Å². The molecule has 2 aliphatic rings. The smallest absolute Gasteiger partial charge is 0.133 e. The normalized spacial score (nSPS) is 27.6. The Labute approximate surface area is 108 Å². The molecule has 1 aromatic heterocycles. The van der Waals surface area contributed by atoms with E-state index in [0.717, 1.165) is 44.3 Å². The molecular formula is C14H21N3O. The summed E-state index contributed by atoms with van der Waals surface area (Å²) in [5, 5.41) is 13.1. The molecule has 4 nitrogen and oxygen atoms in total. The second-order valence-corrected chi connectivity index (χ2v) is 5.50. The predicted molar refractivity (Wildman–Crippen MR) is 70.6 cm³/mol. The Morgan fingerprint density at radius 1 is 1.06 bits per heavy atom. The Kier molecular flexibility index (Phi) is 3.46. The molecule has 18 heavy (non-hydrogen) atoms. The van der Waals surface area contributed by atoms with Crippen molar-refractivity contribution in [2.75, 3.05) is 5.32 Å². The fourth-order valence-corrected chi connectivity index (χ4v) is 3.06. The summed E-state index contributed by atoms with van der Waals surface area (Å²) >= 11 is 0. The van der Waals surface area contributed by atoms with Crippen molar-refractivity contribution in [1.82, 2.24) is 9.97 Å². The van der Waals surface area contributed by atoms with Crippen molar-refractivity contribution in [3.63, 3.8) is 0 Å². The standard InChI is InChI=1S/C14H21N3O/c18-11-7-5-10(6-8-11)17-14-12-3-1-2-4-13(12)15-9-16-14/h9-11,18H,1-8H2,(H,15,16,17). The molecule has 1 saturated carbocycles. The maximum absolute atomic E-state index is 9.53. The van der Waals surface area contributed by atoms with Gasteiger partial charge in [-0.1, -0.05) is 0 Å². The Morgan fingerprint density at radius 2 is 1.83 bits per heavy atom. The third kappa shape index (κ3) is 2.48. The van der Waals surface area contributed by atoms with Crippen molar-refractivity contribution < 1.29 is 5.11 Å². The molecule has 2 aliphatic carbocycles. The number of nitrogens with zero attached hydrogens (tertiary/aromatic N) is 2. The Hall–Kier alpha value is -1.16. The van der Waals surface area contributed by atoms with Gasteiger partial charge in [0.2, 0.25) is 0 Å². The monoisotopic (exact) mass is 247 g/mol. The number of anilines is 1. The molecule has 1 heterocycles. The minimum Gasteiger partial charge on any atom is -0.393 e. The first-order valence-corrected chi connectivity index (χ1v) is 7.10. The van der Waals surface area contributed by atoms with Gasteiger partial charge in [-0.15, -0.1) is 0 Å². The topological polar surface area (TPSA) is 58.0 Å². The van der Waals surface area contributed by atoms with Crippen LogP contribution in [0.1, 0.15) is 49.8 Å². The van der Waals surface area contributed by atoms with Crippen LogP contribution < -0.4 is 5.32 Å².